The summed E-state index contributed by atoms with van der Waals surface area (Å²) in [5, 5.41) is 12.6. The molecule has 3 rings (SSSR count). The number of hydrogen-bond acceptors (Lipinski definition) is 5. The fourth-order valence-corrected chi connectivity index (χ4v) is 3.54. The van der Waals surface area contributed by atoms with E-state index in [0.717, 1.165) is 5.56 Å². The van der Waals surface area contributed by atoms with Gasteiger partial charge in [0.25, 0.3) is 5.91 Å². The number of fused-ring (bicyclic) bond motifs is 1. The maximum Gasteiger partial charge on any atom is 0.327 e. The maximum absolute atomic E-state index is 12.4. The van der Waals surface area contributed by atoms with Gasteiger partial charge in [0.1, 0.15) is 17.4 Å². The van der Waals surface area contributed by atoms with Crippen LogP contribution >= 0.6 is 11.8 Å². The minimum Gasteiger partial charge on any atom is -0.497 e. The van der Waals surface area contributed by atoms with E-state index in [1.165, 1.54) is 11.8 Å². The number of hydrogen-bond donors (Lipinski definition) is 2. The Bertz CT molecular complexity index is 938. The molecule has 0 saturated heterocycles. The maximum atomic E-state index is 12.4. The van der Waals surface area contributed by atoms with Gasteiger partial charge in [-0.3, -0.25) is 4.79 Å². The fraction of sp³-hybridized carbons (Fsp3) is 0.200. The van der Waals surface area contributed by atoms with Crippen molar-refractivity contribution in [3.8, 4) is 5.75 Å². The van der Waals surface area contributed by atoms with Crippen molar-refractivity contribution in [1.82, 2.24) is 5.32 Å². The van der Waals surface area contributed by atoms with Crippen molar-refractivity contribution in [3.05, 3.63) is 65.9 Å². The Kier molecular flexibility index (Phi) is 6.03. The van der Waals surface area contributed by atoms with Crippen LogP contribution in [0.25, 0.3) is 11.0 Å². The molecular formula is C20H19NO5S. The molecule has 7 heteroatoms. The molecule has 1 aromatic heterocycles. The minimum atomic E-state index is -1.08. The number of aliphatic carboxylic acids is 1. The van der Waals surface area contributed by atoms with Gasteiger partial charge < -0.3 is 19.6 Å². The van der Waals surface area contributed by atoms with Crippen molar-refractivity contribution in [1.29, 1.82) is 0 Å². The highest BCUT2D eigenvalue weighted by Gasteiger charge is 2.22. The second-order valence-electron chi connectivity index (χ2n) is 5.88. The number of methoxy groups -OCH3 is 1. The number of ether oxygens (including phenoxy) is 1. The zero-order chi connectivity index (χ0) is 19.2. The van der Waals surface area contributed by atoms with Crippen LogP contribution in [-0.2, 0) is 10.5 Å². The van der Waals surface area contributed by atoms with Crippen LogP contribution in [-0.4, -0.2) is 35.9 Å². The van der Waals surface area contributed by atoms with E-state index in [4.69, 9.17) is 9.15 Å². The van der Waals surface area contributed by atoms with Crippen molar-refractivity contribution >= 4 is 34.6 Å². The highest BCUT2D eigenvalue weighted by molar-refractivity contribution is 7.98. The van der Waals surface area contributed by atoms with E-state index >= 15 is 0 Å². The molecule has 0 radical (unpaired) electrons. The van der Waals surface area contributed by atoms with Gasteiger partial charge in [-0.1, -0.05) is 30.3 Å². The molecule has 2 N–H and O–H groups in total. The third-order valence-corrected chi connectivity index (χ3v) is 5.05. The number of carboxylic acid groups (broad SMARTS) is 1. The summed E-state index contributed by atoms with van der Waals surface area (Å²) >= 11 is 1.45. The molecule has 0 bridgehead atoms. The van der Waals surface area contributed by atoms with Gasteiger partial charge in [-0.15, -0.1) is 0 Å². The van der Waals surface area contributed by atoms with Crippen LogP contribution in [0.4, 0.5) is 0 Å². The fourth-order valence-electron chi connectivity index (χ4n) is 2.53. The van der Waals surface area contributed by atoms with E-state index < -0.39 is 17.9 Å². The molecule has 2 aromatic carbocycles. The molecule has 0 saturated carbocycles. The molecule has 0 aliphatic heterocycles. The largest absolute Gasteiger partial charge is 0.497 e. The van der Waals surface area contributed by atoms with Crippen molar-refractivity contribution < 1.29 is 23.8 Å². The zero-order valence-corrected chi connectivity index (χ0v) is 15.5. The second-order valence-corrected chi connectivity index (χ2v) is 6.91. The summed E-state index contributed by atoms with van der Waals surface area (Å²) in [6, 6.07) is 15.5. The quantitative estimate of drug-likeness (QED) is 0.616. The van der Waals surface area contributed by atoms with E-state index in [-0.39, 0.29) is 11.5 Å². The third-order valence-electron chi connectivity index (χ3n) is 3.95. The highest BCUT2D eigenvalue weighted by Crippen LogP contribution is 2.24. The van der Waals surface area contributed by atoms with Crippen molar-refractivity contribution in [2.45, 2.75) is 11.8 Å². The topological polar surface area (TPSA) is 88.8 Å². The van der Waals surface area contributed by atoms with Gasteiger partial charge in [0.15, 0.2) is 5.76 Å². The van der Waals surface area contributed by atoms with Crippen molar-refractivity contribution in [2.24, 2.45) is 0 Å². The van der Waals surface area contributed by atoms with E-state index in [1.54, 1.807) is 31.4 Å². The van der Waals surface area contributed by atoms with Crippen molar-refractivity contribution in [2.75, 3.05) is 12.9 Å². The Balaban J connectivity index is 1.63. The van der Waals surface area contributed by atoms with Gasteiger partial charge in [0, 0.05) is 16.9 Å². The first kappa shape index (κ1) is 18.8. The van der Waals surface area contributed by atoms with E-state index in [0.29, 0.717) is 22.5 Å². The lowest BCUT2D eigenvalue weighted by molar-refractivity contribution is -0.138. The lowest BCUT2D eigenvalue weighted by Crippen LogP contribution is -2.42. The van der Waals surface area contributed by atoms with Crippen molar-refractivity contribution in [3.63, 3.8) is 0 Å². The molecule has 1 atom stereocenters. The first-order valence-corrected chi connectivity index (χ1v) is 9.45. The lowest BCUT2D eigenvalue weighted by Gasteiger charge is -2.13. The van der Waals surface area contributed by atoms with Crippen LogP contribution in [0.1, 0.15) is 16.1 Å². The summed E-state index contributed by atoms with van der Waals surface area (Å²) < 4.78 is 10.7. The smallest absolute Gasteiger partial charge is 0.327 e. The molecule has 1 amide bonds. The Hall–Kier alpha value is -2.93. The number of furan rings is 1. The number of carbonyl (C=O) groups excluding carboxylic acids is 1. The molecule has 140 valence electrons. The van der Waals surface area contributed by atoms with Crippen LogP contribution in [0.15, 0.2) is 59.0 Å². The Morgan fingerprint density at radius 3 is 2.67 bits per heavy atom. The number of amides is 1. The average molecular weight is 385 g/mol. The lowest BCUT2D eigenvalue weighted by atomic mass is 10.2. The summed E-state index contributed by atoms with van der Waals surface area (Å²) in [4.78, 5) is 23.9. The molecular weight excluding hydrogens is 366 g/mol. The van der Waals surface area contributed by atoms with Crippen LogP contribution in [0.2, 0.25) is 0 Å². The second kappa shape index (κ2) is 8.64. The average Bonchev–Trinajstić information content (AvgIpc) is 3.11. The normalized spacial score (nSPS) is 11.9. The van der Waals surface area contributed by atoms with Crippen LogP contribution < -0.4 is 10.1 Å². The molecule has 3 aromatic rings. The number of carboxylic acids is 1. The van der Waals surface area contributed by atoms with Crippen LogP contribution in [0.5, 0.6) is 5.75 Å². The standard InChI is InChI=1S/C20H19NO5S/c1-25-15-7-8-17-14(9-15)10-18(26-17)19(22)21-16(20(23)24)12-27-11-13-5-3-2-4-6-13/h2-10,16H,11-12H2,1H3,(H,21,22)(H,23,24)/t16-/m0/s1. The highest BCUT2D eigenvalue weighted by atomic mass is 32.2. The minimum absolute atomic E-state index is 0.0672. The monoisotopic (exact) mass is 385 g/mol. The molecule has 0 unspecified atom stereocenters. The van der Waals surface area contributed by atoms with Crippen LogP contribution in [0.3, 0.4) is 0 Å². The van der Waals surface area contributed by atoms with Gasteiger partial charge in [-0.05, 0) is 29.8 Å². The number of carbonyl (C=O) groups is 2. The first-order chi connectivity index (χ1) is 13.1. The Morgan fingerprint density at radius 2 is 1.96 bits per heavy atom. The first-order valence-electron chi connectivity index (χ1n) is 8.30. The molecule has 0 aliphatic carbocycles. The summed E-state index contributed by atoms with van der Waals surface area (Å²) in [5.74, 6) is 0.00250. The number of rotatable bonds is 8. The number of benzene rings is 2. The SMILES string of the molecule is COc1ccc2oc(C(=O)N[C@@H](CSCc3ccccc3)C(=O)O)cc2c1. The molecule has 27 heavy (non-hydrogen) atoms. The van der Waals surface area contributed by atoms with Gasteiger partial charge in [0.05, 0.1) is 7.11 Å². The predicted molar refractivity (Wildman–Crippen MR) is 104 cm³/mol. The summed E-state index contributed by atoms with van der Waals surface area (Å²) in [6.45, 7) is 0. The number of thioether (sulfide) groups is 1. The Labute approximate surface area is 160 Å². The molecule has 0 aliphatic rings. The summed E-state index contributed by atoms with van der Waals surface area (Å²) in [5.41, 5.74) is 1.63. The molecule has 0 fully saturated rings. The number of nitrogens with one attached hydrogen (secondary N) is 1. The predicted octanol–water partition coefficient (Wildman–Crippen LogP) is 3.56. The molecule has 0 spiro atoms. The van der Waals surface area contributed by atoms with E-state index in [1.807, 2.05) is 30.3 Å². The van der Waals surface area contributed by atoms with Gasteiger partial charge >= 0.3 is 5.97 Å². The molecule has 1 heterocycles. The van der Waals surface area contributed by atoms with Gasteiger partial charge in [0.2, 0.25) is 0 Å². The van der Waals surface area contributed by atoms with E-state index in [2.05, 4.69) is 5.32 Å². The van der Waals surface area contributed by atoms with Gasteiger partial charge in [-0.25, -0.2) is 4.79 Å². The summed E-state index contributed by atoms with van der Waals surface area (Å²) in [7, 11) is 1.55. The zero-order valence-electron chi connectivity index (χ0n) is 14.7. The van der Waals surface area contributed by atoms with Gasteiger partial charge in [-0.2, -0.15) is 11.8 Å². The summed E-state index contributed by atoms with van der Waals surface area (Å²) in [6.07, 6.45) is 0. The van der Waals surface area contributed by atoms with E-state index in [9.17, 15) is 14.7 Å². The third kappa shape index (κ3) is 4.83. The van der Waals surface area contributed by atoms with Crippen LogP contribution in [0, 0.1) is 0 Å². The Morgan fingerprint density at radius 1 is 1.19 bits per heavy atom. The molecule has 6 nitrogen and oxygen atoms in total.